The van der Waals surface area contributed by atoms with Crippen molar-refractivity contribution in [3.05, 3.63) is 51.7 Å². The highest BCUT2D eigenvalue weighted by atomic mass is 79.9. The van der Waals surface area contributed by atoms with E-state index in [1.807, 2.05) is 37.3 Å². The van der Waals surface area contributed by atoms with Crippen LogP contribution in [0.2, 0.25) is 5.02 Å². The molecule has 90 valence electrons. The molecular formula is C13H9BrClN3. The number of aromatic nitrogens is 3. The second-order valence-electron chi connectivity index (χ2n) is 4.01. The van der Waals surface area contributed by atoms with E-state index in [-0.39, 0.29) is 0 Å². The third-order valence-electron chi connectivity index (χ3n) is 2.80. The smallest absolute Gasteiger partial charge is 0.164 e. The van der Waals surface area contributed by atoms with E-state index in [0.717, 1.165) is 26.9 Å². The van der Waals surface area contributed by atoms with Crippen LogP contribution in [0.5, 0.6) is 0 Å². The van der Waals surface area contributed by atoms with E-state index in [4.69, 9.17) is 11.6 Å². The predicted molar refractivity (Wildman–Crippen MR) is 76.3 cm³/mol. The van der Waals surface area contributed by atoms with Gasteiger partial charge in [-0.25, -0.2) is 9.67 Å². The zero-order chi connectivity index (χ0) is 12.7. The van der Waals surface area contributed by atoms with Crippen molar-refractivity contribution in [2.45, 2.75) is 6.92 Å². The van der Waals surface area contributed by atoms with Crippen molar-refractivity contribution < 1.29 is 0 Å². The number of benzene rings is 1. The van der Waals surface area contributed by atoms with Gasteiger partial charge in [-0.15, -0.1) is 0 Å². The average Bonchev–Trinajstić information content (AvgIpc) is 2.71. The molecule has 5 heteroatoms. The first-order valence-electron chi connectivity index (χ1n) is 5.42. The van der Waals surface area contributed by atoms with E-state index in [9.17, 15) is 0 Å². The van der Waals surface area contributed by atoms with Gasteiger partial charge in [-0.2, -0.15) is 5.10 Å². The molecule has 0 radical (unpaired) electrons. The van der Waals surface area contributed by atoms with Crippen molar-refractivity contribution in [2.75, 3.05) is 0 Å². The summed E-state index contributed by atoms with van der Waals surface area (Å²) in [6.45, 7) is 2.02. The molecule has 0 saturated carbocycles. The van der Waals surface area contributed by atoms with Crippen LogP contribution in [0, 0.1) is 6.92 Å². The summed E-state index contributed by atoms with van der Waals surface area (Å²) in [5.74, 6) is 0. The van der Waals surface area contributed by atoms with Crippen molar-refractivity contribution in [3.8, 4) is 5.69 Å². The Morgan fingerprint density at radius 2 is 2.11 bits per heavy atom. The highest BCUT2D eigenvalue weighted by molar-refractivity contribution is 9.10. The molecule has 0 N–H and O–H groups in total. The first-order chi connectivity index (χ1) is 8.66. The summed E-state index contributed by atoms with van der Waals surface area (Å²) in [5.41, 5.74) is 2.86. The monoisotopic (exact) mass is 321 g/mol. The van der Waals surface area contributed by atoms with Gasteiger partial charge in [-0.05, 0) is 52.7 Å². The van der Waals surface area contributed by atoms with Crippen LogP contribution in [0.15, 0.2) is 41.1 Å². The SMILES string of the molecule is Cc1ccc(Cl)cc1-n1nc(Br)c2cccnc21. The standard InChI is InChI=1S/C13H9BrClN3/c1-8-4-5-9(15)7-11(8)18-13-10(12(14)17-18)3-2-6-16-13/h2-7H,1H3. The minimum absolute atomic E-state index is 0.686. The summed E-state index contributed by atoms with van der Waals surface area (Å²) < 4.78 is 2.59. The fraction of sp³-hybridized carbons (Fsp3) is 0.0769. The zero-order valence-electron chi connectivity index (χ0n) is 9.56. The first kappa shape index (κ1) is 11.7. The Labute approximate surface area is 118 Å². The number of hydrogen-bond acceptors (Lipinski definition) is 2. The summed E-state index contributed by atoms with van der Waals surface area (Å²) >= 11 is 9.50. The number of nitrogens with zero attached hydrogens (tertiary/aromatic N) is 3. The zero-order valence-corrected chi connectivity index (χ0v) is 11.9. The van der Waals surface area contributed by atoms with E-state index < -0.39 is 0 Å². The molecule has 0 aliphatic carbocycles. The fourth-order valence-electron chi connectivity index (χ4n) is 1.89. The maximum atomic E-state index is 6.05. The maximum absolute atomic E-state index is 6.05. The Bertz CT molecular complexity index is 736. The van der Waals surface area contributed by atoms with Gasteiger partial charge in [-0.3, -0.25) is 0 Å². The molecule has 2 heterocycles. The maximum Gasteiger partial charge on any atom is 0.164 e. The van der Waals surface area contributed by atoms with Crippen LogP contribution in [0.25, 0.3) is 16.7 Å². The van der Waals surface area contributed by atoms with Gasteiger partial charge in [-0.1, -0.05) is 17.7 Å². The van der Waals surface area contributed by atoms with Gasteiger partial charge in [0.25, 0.3) is 0 Å². The highest BCUT2D eigenvalue weighted by Gasteiger charge is 2.12. The van der Waals surface area contributed by atoms with E-state index in [1.54, 1.807) is 10.9 Å². The molecule has 0 amide bonds. The number of pyridine rings is 1. The highest BCUT2D eigenvalue weighted by Crippen LogP contribution is 2.26. The number of rotatable bonds is 1. The lowest BCUT2D eigenvalue weighted by atomic mass is 10.2. The van der Waals surface area contributed by atoms with Crippen LogP contribution in [0.4, 0.5) is 0 Å². The molecule has 3 aromatic rings. The molecule has 2 aromatic heterocycles. The molecule has 0 aliphatic heterocycles. The van der Waals surface area contributed by atoms with Gasteiger partial charge in [0.1, 0.15) is 4.60 Å². The van der Waals surface area contributed by atoms with Gasteiger partial charge >= 0.3 is 0 Å². The molecule has 3 rings (SSSR count). The van der Waals surface area contributed by atoms with Crippen molar-refractivity contribution in [1.82, 2.24) is 14.8 Å². The molecule has 0 saturated heterocycles. The fourth-order valence-corrected chi connectivity index (χ4v) is 2.53. The van der Waals surface area contributed by atoms with E-state index in [2.05, 4.69) is 26.0 Å². The first-order valence-corrected chi connectivity index (χ1v) is 6.59. The number of hydrogen-bond donors (Lipinski definition) is 0. The summed E-state index contributed by atoms with van der Waals surface area (Å²) in [5, 5.41) is 6.14. The van der Waals surface area contributed by atoms with E-state index in [0.29, 0.717) is 5.02 Å². The summed E-state index contributed by atoms with van der Waals surface area (Å²) in [4.78, 5) is 4.38. The molecule has 0 aliphatic rings. The van der Waals surface area contributed by atoms with Crippen LogP contribution in [0.1, 0.15) is 5.56 Å². The van der Waals surface area contributed by atoms with Gasteiger partial charge in [0, 0.05) is 11.2 Å². The molecule has 18 heavy (non-hydrogen) atoms. The lowest BCUT2D eigenvalue weighted by molar-refractivity contribution is 0.879. The lowest BCUT2D eigenvalue weighted by Crippen LogP contribution is -2.00. The number of halogens is 2. The Morgan fingerprint density at radius 3 is 2.94 bits per heavy atom. The van der Waals surface area contributed by atoms with Crippen molar-refractivity contribution in [2.24, 2.45) is 0 Å². The largest absolute Gasteiger partial charge is 0.236 e. The number of fused-ring (bicyclic) bond motifs is 1. The summed E-state index contributed by atoms with van der Waals surface area (Å²) in [6, 6.07) is 9.61. The van der Waals surface area contributed by atoms with Crippen LogP contribution < -0.4 is 0 Å². The molecule has 0 fully saturated rings. The molecular weight excluding hydrogens is 314 g/mol. The number of aryl methyl sites for hydroxylation is 1. The minimum atomic E-state index is 0.686. The van der Waals surface area contributed by atoms with Gasteiger partial charge in [0.05, 0.1) is 11.1 Å². The predicted octanol–water partition coefficient (Wildman–Crippen LogP) is 4.14. The average molecular weight is 323 g/mol. The third kappa shape index (κ3) is 1.82. The van der Waals surface area contributed by atoms with Gasteiger partial charge in [0.2, 0.25) is 0 Å². The molecule has 0 spiro atoms. The molecule has 1 aromatic carbocycles. The van der Waals surface area contributed by atoms with Crippen LogP contribution in [0.3, 0.4) is 0 Å². The Balaban J connectivity index is 2.35. The molecule has 0 atom stereocenters. The van der Waals surface area contributed by atoms with Crippen molar-refractivity contribution in [3.63, 3.8) is 0 Å². The van der Waals surface area contributed by atoms with E-state index in [1.165, 1.54) is 0 Å². The summed E-state index contributed by atoms with van der Waals surface area (Å²) in [7, 11) is 0. The second kappa shape index (κ2) is 4.37. The topological polar surface area (TPSA) is 30.7 Å². The Hall–Kier alpha value is -1.39. The van der Waals surface area contributed by atoms with E-state index >= 15 is 0 Å². The molecule has 0 unspecified atom stereocenters. The quantitative estimate of drug-likeness (QED) is 0.674. The van der Waals surface area contributed by atoms with Crippen molar-refractivity contribution in [1.29, 1.82) is 0 Å². The minimum Gasteiger partial charge on any atom is -0.236 e. The molecule has 3 nitrogen and oxygen atoms in total. The van der Waals surface area contributed by atoms with Crippen molar-refractivity contribution >= 4 is 38.6 Å². The van der Waals surface area contributed by atoms with Crippen LogP contribution >= 0.6 is 27.5 Å². The van der Waals surface area contributed by atoms with Crippen LogP contribution in [-0.4, -0.2) is 14.8 Å². The lowest BCUT2D eigenvalue weighted by Gasteiger charge is -2.06. The Morgan fingerprint density at radius 1 is 1.28 bits per heavy atom. The van der Waals surface area contributed by atoms with Gasteiger partial charge in [0.15, 0.2) is 5.65 Å². The van der Waals surface area contributed by atoms with Crippen LogP contribution in [-0.2, 0) is 0 Å². The second-order valence-corrected chi connectivity index (χ2v) is 5.20. The van der Waals surface area contributed by atoms with Gasteiger partial charge < -0.3 is 0 Å². The third-order valence-corrected chi connectivity index (χ3v) is 3.62. The Kier molecular flexibility index (Phi) is 2.84. The summed E-state index contributed by atoms with van der Waals surface area (Å²) in [6.07, 6.45) is 1.76. The molecule has 0 bridgehead atoms. The normalized spacial score (nSPS) is 11.1.